The summed E-state index contributed by atoms with van der Waals surface area (Å²) in [5, 5.41) is 11.8. The maximum atomic E-state index is 9.48. The van der Waals surface area contributed by atoms with Crippen molar-refractivity contribution in [3.8, 4) is 5.75 Å². The number of fused-ring (bicyclic) bond motifs is 2. The van der Waals surface area contributed by atoms with Crippen molar-refractivity contribution in [1.29, 1.82) is 0 Å². The summed E-state index contributed by atoms with van der Waals surface area (Å²) in [6.45, 7) is 1.79. The number of ether oxygens (including phenoxy) is 1. The second-order valence-electron chi connectivity index (χ2n) is 8.66. The van der Waals surface area contributed by atoms with Gasteiger partial charge in [-0.25, -0.2) is 0 Å². The van der Waals surface area contributed by atoms with E-state index in [2.05, 4.69) is 30.3 Å². The molecule has 0 amide bonds. The SMILES string of the molecule is CC(N)(CO)c1ccc2cc(O[C@@H]3CCC4CCCCC4C3)ccc2c1. The summed E-state index contributed by atoms with van der Waals surface area (Å²) < 4.78 is 6.37. The fourth-order valence-corrected chi connectivity index (χ4v) is 4.87. The van der Waals surface area contributed by atoms with Gasteiger partial charge in [0.2, 0.25) is 0 Å². The van der Waals surface area contributed by atoms with Gasteiger partial charge in [0.15, 0.2) is 0 Å². The van der Waals surface area contributed by atoms with E-state index >= 15 is 0 Å². The molecule has 4 atom stereocenters. The molecular formula is C23H31NO2. The van der Waals surface area contributed by atoms with E-state index in [0.29, 0.717) is 6.10 Å². The van der Waals surface area contributed by atoms with Gasteiger partial charge in [-0.1, -0.05) is 43.9 Å². The summed E-state index contributed by atoms with van der Waals surface area (Å²) >= 11 is 0. The Morgan fingerprint density at radius 1 is 1.00 bits per heavy atom. The molecule has 4 rings (SSSR count). The molecule has 2 aliphatic carbocycles. The molecule has 3 heteroatoms. The van der Waals surface area contributed by atoms with E-state index < -0.39 is 5.54 Å². The molecule has 0 spiro atoms. The summed E-state index contributed by atoms with van der Waals surface area (Å²) in [7, 11) is 0. The van der Waals surface area contributed by atoms with Crippen LogP contribution in [0.5, 0.6) is 5.75 Å². The highest BCUT2D eigenvalue weighted by Crippen LogP contribution is 2.41. The molecule has 3 N–H and O–H groups in total. The summed E-state index contributed by atoms with van der Waals surface area (Å²) in [5.41, 5.74) is 6.41. The number of rotatable bonds is 4. The van der Waals surface area contributed by atoms with Crippen LogP contribution in [-0.2, 0) is 5.54 Å². The molecule has 2 saturated carbocycles. The highest BCUT2D eigenvalue weighted by molar-refractivity contribution is 5.84. The van der Waals surface area contributed by atoms with E-state index in [1.807, 2.05) is 13.0 Å². The lowest BCUT2D eigenvalue weighted by Gasteiger charge is -2.39. The second-order valence-corrected chi connectivity index (χ2v) is 8.66. The number of nitrogens with two attached hydrogens (primary N) is 1. The van der Waals surface area contributed by atoms with Gasteiger partial charge in [-0.05, 0) is 72.6 Å². The van der Waals surface area contributed by atoms with Crippen LogP contribution in [0, 0.1) is 11.8 Å². The fraction of sp³-hybridized carbons (Fsp3) is 0.565. The minimum Gasteiger partial charge on any atom is -0.490 e. The standard InChI is InChI=1S/C23H31NO2/c1-23(24,15-25)20-9-6-19-14-22(11-8-18(19)12-20)26-21-10-7-16-4-2-3-5-17(16)13-21/h6,8-9,11-12,14,16-17,21,25H,2-5,7,10,13,15,24H2,1H3/t16?,17?,21-,23?/m1/s1. The third-order valence-corrected chi connectivity index (χ3v) is 6.59. The first-order chi connectivity index (χ1) is 12.5. The van der Waals surface area contributed by atoms with Crippen LogP contribution in [0.4, 0.5) is 0 Å². The molecule has 3 nitrogen and oxygen atoms in total. The monoisotopic (exact) mass is 353 g/mol. The molecule has 0 heterocycles. The van der Waals surface area contributed by atoms with Crippen molar-refractivity contribution in [2.45, 2.75) is 63.5 Å². The summed E-state index contributed by atoms with van der Waals surface area (Å²) in [6.07, 6.45) is 9.79. The van der Waals surface area contributed by atoms with Crippen LogP contribution in [0.3, 0.4) is 0 Å². The van der Waals surface area contributed by atoms with Gasteiger partial charge in [0, 0.05) is 0 Å². The van der Waals surface area contributed by atoms with Gasteiger partial charge in [-0.3, -0.25) is 0 Å². The molecule has 0 bridgehead atoms. The van der Waals surface area contributed by atoms with E-state index in [-0.39, 0.29) is 6.61 Å². The van der Waals surface area contributed by atoms with Crippen molar-refractivity contribution in [2.24, 2.45) is 17.6 Å². The third kappa shape index (κ3) is 3.60. The Morgan fingerprint density at radius 2 is 1.73 bits per heavy atom. The first-order valence-corrected chi connectivity index (χ1v) is 10.2. The number of hydrogen-bond acceptors (Lipinski definition) is 3. The normalized spacial score (nSPS) is 28.3. The Labute approximate surface area is 156 Å². The van der Waals surface area contributed by atoms with Gasteiger partial charge in [-0.15, -0.1) is 0 Å². The highest BCUT2D eigenvalue weighted by Gasteiger charge is 2.33. The molecular weight excluding hydrogens is 322 g/mol. The van der Waals surface area contributed by atoms with Gasteiger partial charge >= 0.3 is 0 Å². The van der Waals surface area contributed by atoms with Crippen LogP contribution in [0.1, 0.15) is 57.4 Å². The predicted molar refractivity (Wildman–Crippen MR) is 106 cm³/mol. The van der Waals surface area contributed by atoms with Crippen molar-refractivity contribution in [2.75, 3.05) is 6.61 Å². The van der Waals surface area contributed by atoms with Crippen molar-refractivity contribution in [3.63, 3.8) is 0 Å². The van der Waals surface area contributed by atoms with Crippen LogP contribution < -0.4 is 10.5 Å². The molecule has 2 aliphatic rings. The molecule has 0 aliphatic heterocycles. The second kappa shape index (κ2) is 7.21. The topological polar surface area (TPSA) is 55.5 Å². The van der Waals surface area contributed by atoms with Crippen molar-refractivity contribution in [3.05, 3.63) is 42.0 Å². The number of hydrogen-bond donors (Lipinski definition) is 2. The first kappa shape index (κ1) is 17.8. The first-order valence-electron chi connectivity index (χ1n) is 10.2. The number of aliphatic hydroxyl groups excluding tert-OH is 1. The molecule has 2 aromatic carbocycles. The number of aliphatic hydroxyl groups is 1. The van der Waals surface area contributed by atoms with E-state index in [9.17, 15) is 5.11 Å². The predicted octanol–water partition coefficient (Wildman–Crippen LogP) is 4.74. The van der Waals surface area contributed by atoms with E-state index in [1.165, 1.54) is 44.9 Å². The average Bonchev–Trinajstić information content (AvgIpc) is 2.67. The highest BCUT2D eigenvalue weighted by atomic mass is 16.5. The minimum absolute atomic E-state index is 0.0659. The zero-order valence-electron chi connectivity index (χ0n) is 15.8. The van der Waals surface area contributed by atoms with Crippen molar-refractivity contribution < 1.29 is 9.84 Å². The Hall–Kier alpha value is -1.58. The molecule has 3 unspecified atom stereocenters. The zero-order chi connectivity index (χ0) is 18.1. The lowest BCUT2D eigenvalue weighted by molar-refractivity contribution is 0.0648. The lowest BCUT2D eigenvalue weighted by atomic mass is 9.70. The van der Waals surface area contributed by atoms with Crippen LogP contribution in [-0.4, -0.2) is 17.8 Å². The van der Waals surface area contributed by atoms with Crippen molar-refractivity contribution >= 4 is 10.8 Å². The molecule has 0 aromatic heterocycles. The van der Waals surface area contributed by atoms with Crippen LogP contribution in [0.2, 0.25) is 0 Å². The van der Waals surface area contributed by atoms with Gasteiger partial charge in [0.1, 0.15) is 5.75 Å². The molecule has 0 saturated heterocycles. The fourth-order valence-electron chi connectivity index (χ4n) is 4.87. The Balaban J connectivity index is 1.48. The zero-order valence-corrected chi connectivity index (χ0v) is 15.8. The van der Waals surface area contributed by atoms with Gasteiger partial charge in [-0.2, -0.15) is 0 Å². The third-order valence-electron chi connectivity index (χ3n) is 6.59. The smallest absolute Gasteiger partial charge is 0.120 e. The van der Waals surface area contributed by atoms with Crippen LogP contribution in [0.15, 0.2) is 36.4 Å². The Morgan fingerprint density at radius 3 is 2.54 bits per heavy atom. The molecule has 26 heavy (non-hydrogen) atoms. The maximum Gasteiger partial charge on any atom is 0.120 e. The summed E-state index contributed by atoms with van der Waals surface area (Å²) in [4.78, 5) is 0. The summed E-state index contributed by atoms with van der Waals surface area (Å²) in [5.74, 6) is 2.81. The molecule has 2 aromatic rings. The van der Waals surface area contributed by atoms with Gasteiger partial charge in [0.05, 0.1) is 18.2 Å². The van der Waals surface area contributed by atoms with Gasteiger partial charge < -0.3 is 15.6 Å². The average molecular weight is 354 g/mol. The Kier molecular flexibility index (Phi) is 4.94. The van der Waals surface area contributed by atoms with Crippen LogP contribution >= 0.6 is 0 Å². The van der Waals surface area contributed by atoms with E-state index in [1.54, 1.807) is 0 Å². The maximum absolute atomic E-state index is 9.48. The minimum atomic E-state index is -0.706. The van der Waals surface area contributed by atoms with Crippen molar-refractivity contribution in [1.82, 2.24) is 0 Å². The summed E-state index contributed by atoms with van der Waals surface area (Å²) in [6, 6.07) is 12.5. The molecule has 140 valence electrons. The molecule has 2 fully saturated rings. The van der Waals surface area contributed by atoms with Crippen LogP contribution in [0.25, 0.3) is 10.8 Å². The largest absolute Gasteiger partial charge is 0.490 e. The molecule has 0 radical (unpaired) electrons. The van der Waals surface area contributed by atoms with E-state index in [4.69, 9.17) is 10.5 Å². The quantitative estimate of drug-likeness (QED) is 0.834. The number of benzene rings is 2. The lowest BCUT2D eigenvalue weighted by Crippen LogP contribution is -2.36. The Bertz CT molecular complexity index is 770. The van der Waals surface area contributed by atoms with E-state index in [0.717, 1.165) is 33.9 Å². The van der Waals surface area contributed by atoms with Gasteiger partial charge in [0.25, 0.3) is 0 Å².